The summed E-state index contributed by atoms with van der Waals surface area (Å²) in [4.78, 5) is 38.9. The van der Waals surface area contributed by atoms with Gasteiger partial charge in [-0.05, 0) is 19.1 Å². The van der Waals surface area contributed by atoms with Crippen LogP contribution in [0.15, 0.2) is 48.8 Å². The number of hydrogen-bond acceptors (Lipinski definition) is 6. The number of benzene rings is 1. The molecule has 9 heteroatoms. The van der Waals surface area contributed by atoms with Crippen molar-refractivity contribution in [3.05, 3.63) is 66.0 Å². The summed E-state index contributed by atoms with van der Waals surface area (Å²) in [5.74, 6) is -1.43. The Labute approximate surface area is 171 Å². The van der Waals surface area contributed by atoms with Gasteiger partial charge in [-0.3, -0.25) is 14.5 Å². The van der Waals surface area contributed by atoms with E-state index in [4.69, 9.17) is 4.74 Å². The van der Waals surface area contributed by atoms with Crippen LogP contribution < -0.4 is 15.0 Å². The first-order chi connectivity index (χ1) is 14.4. The van der Waals surface area contributed by atoms with Crippen molar-refractivity contribution >= 4 is 17.6 Å². The molecule has 3 aromatic rings. The lowest BCUT2D eigenvalue weighted by Crippen LogP contribution is -2.49. The van der Waals surface area contributed by atoms with Gasteiger partial charge in [-0.15, -0.1) is 0 Å². The Hall–Kier alpha value is -3.88. The summed E-state index contributed by atoms with van der Waals surface area (Å²) in [6.45, 7) is 1.79. The largest absolute Gasteiger partial charge is 0.487 e. The minimum atomic E-state index is -1.01. The van der Waals surface area contributed by atoms with Crippen molar-refractivity contribution in [2.45, 2.75) is 13.0 Å². The molecule has 1 unspecified atom stereocenters. The van der Waals surface area contributed by atoms with E-state index in [2.05, 4.69) is 20.3 Å². The highest BCUT2D eigenvalue weighted by Crippen LogP contribution is 2.28. The first-order valence-electron chi connectivity index (χ1n) is 9.19. The predicted octanol–water partition coefficient (Wildman–Crippen LogP) is 2.14. The van der Waals surface area contributed by atoms with Crippen LogP contribution in [0.5, 0.6) is 5.75 Å². The second-order valence-corrected chi connectivity index (χ2v) is 6.84. The molecule has 0 fully saturated rings. The van der Waals surface area contributed by atoms with Gasteiger partial charge in [0.25, 0.3) is 11.8 Å². The number of anilines is 1. The molecule has 152 valence electrons. The van der Waals surface area contributed by atoms with Crippen molar-refractivity contribution in [2.75, 3.05) is 18.6 Å². The van der Waals surface area contributed by atoms with E-state index in [-0.39, 0.29) is 24.0 Å². The number of fused-ring (bicyclic) bond motifs is 1. The maximum atomic E-state index is 13.5. The highest BCUT2D eigenvalue weighted by molar-refractivity contribution is 6.01. The van der Waals surface area contributed by atoms with E-state index in [0.29, 0.717) is 5.69 Å². The number of halogens is 1. The number of hydrogen-bond donors (Lipinski definition) is 1. The Morgan fingerprint density at radius 2 is 2.10 bits per heavy atom. The molecule has 0 radical (unpaired) electrons. The van der Waals surface area contributed by atoms with Crippen LogP contribution in [0.1, 0.15) is 16.2 Å². The summed E-state index contributed by atoms with van der Waals surface area (Å²) in [5.41, 5.74) is 2.50. The molecular weight excluding hydrogens is 389 g/mol. The highest BCUT2D eigenvalue weighted by atomic mass is 19.1. The standard InChI is InChI=1S/C21H18FN5O3/c1-12-4-3-5-13(8-12)15-6-7-23-18(25-15)20(28)26-16-11-30-17-9-14(22)10-24-19(17)27(2)21(16)29/h3-10,16H,11H2,1-2H3,(H,26,28). The van der Waals surface area contributed by atoms with E-state index < -0.39 is 23.7 Å². The van der Waals surface area contributed by atoms with E-state index in [1.165, 1.54) is 18.1 Å². The van der Waals surface area contributed by atoms with Crippen LogP contribution in [0.2, 0.25) is 0 Å². The number of aryl methyl sites for hydroxylation is 1. The van der Waals surface area contributed by atoms with Crippen molar-refractivity contribution in [3.63, 3.8) is 0 Å². The molecule has 30 heavy (non-hydrogen) atoms. The van der Waals surface area contributed by atoms with Crippen LogP contribution in [0.3, 0.4) is 0 Å². The van der Waals surface area contributed by atoms with Crippen molar-refractivity contribution in [1.82, 2.24) is 20.3 Å². The molecule has 8 nitrogen and oxygen atoms in total. The third-order valence-corrected chi connectivity index (χ3v) is 4.63. The Morgan fingerprint density at radius 1 is 1.27 bits per heavy atom. The molecule has 0 saturated heterocycles. The summed E-state index contributed by atoms with van der Waals surface area (Å²) in [7, 11) is 1.48. The molecule has 3 heterocycles. The number of ether oxygens (including phenoxy) is 1. The zero-order valence-electron chi connectivity index (χ0n) is 16.3. The molecule has 1 atom stereocenters. The van der Waals surface area contributed by atoms with Crippen LogP contribution >= 0.6 is 0 Å². The van der Waals surface area contributed by atoms with Gasteiger partial charge in [0.15, 0.2) is 11.6 Å². The van der Waals surface area contributed by atoms with Crippen LogP contribution in [0, 0.1) is 12.7 Å². The summed E-state index contributed by atoms with van der Waals surface area (Å²) < 4.78 is 19.0. The van der Waals surface area contributed by atoms with Gasteiger partial charge in [0.2, 0.25) is 5.82 Å². The van der Waals surface area contributed by atoms with E-state index in [0.717, 1.165) is 23.4 Å². The van der Waals surface area contributed by atoms with Crippen molar-refractivity contribution in [1.29, 1.82) is 0 Å². The molecule has 1 N–H and O–H groups in total. The van der Waals surface area contributed by atoms with Gasteiger partial charge < -0.3 is 10.1 Å². The van der Waals surface area contributed by atoms with E-state index in [1.54, 1.807) is 6.07 Å². The van der Waals surface area contributed by atoms with Crippen molar-refractivity contribution < 1.29 is 18.7 Å². The van der Waals surface area contributed by atoms with E-state index in [9.17, 15) is 14.0 Å². The van der Waals surface area contributed by atoms with Crippen molar-refractivity contribution in [3.8, 4) is 17.0 Å². The molecule has 0 aliphatic carbocycles. The monoisotopic (exact) mass is 407 g/mol. The SMILES string of the molecule is Cc1cccc(-c2ccnc(C(=O)NC3COc4cc(F)cnc4N(C)C3=O)n2)c1. The lowest BCUT2D eigenvalue weighted by atomic mass is 10.1. The number of nitrogens with one attached hydrogen (secondary N) is 1. The number of rotatable bonds is 3. The van der Waals surface area contributed by atoms with Crippen LogP contribution in [0.4, 0.5) is 10.2 Å². The highest BCUT2D eigenvalue weighted by Gasteiger charge is 2.32. The van der Waals surface area contributed by atoms with Gasteiger partial charge in [0.1, 0.15) is 18.5 Å². The normalized spacial score (nSPS) is 15.8. The van der Waals surface area contributed by atoms with Gasteiger partial charge in [-0.2, -0.15) is 0 Å². The van der Waals surface area contributed by atoms with E-state index >= 15 is 0 Å². The fourth-order valence-electron chi connectivity index (χ4n) is 3.11. The quantitative estimate of drug-likeness (QED) is 0.715. The van der Waals surface area contributed by atoms with Crippen molar-refractivity contribution in [2.24, 2.45) is 0 Å². The Kier molecular flexibility index (Phi) is 5.09. The minimum absolute atomic E-state index is 0.0737. The summed E-state index contributed by atoms with van der Waals surface area (Å²) >= 11 is 0. The third-order valence-electron chi connectivity index (χ3n) is 4.63. The number of likely N-dealkylation sites (N-methyl/N-ethyl adjacent to an activating group) is 1. The molecule has 0 spiro atoms. The molecular formula is C21H18FN5O3. The topological polar surface area (TPSA) is 97.3 Å². The maximum Gasteiger partial charge on any atom is 0.289 e. The molecule has 1 aliphatic rings. The van der Waals surface area contributed by atoms with Gasteiger partial charge in [0, 0.05) is 24.9 Å². The summed E-state index contributed by atoms with van der Waals surface area (Å²) in [5, 5.41) is 2.59. The van der Waals surface area contributed by atoms with Gasteiger partial charge in [-0.25, -0.2) is 19.3 Å². The van der Waals surface area contributed by atoms with Gasteiger partial charge >= 0.3 is 0 Å². The number of carbonyl (C=O) groups is 2. The number of aromatic nitrogens is 3. The number of carbonyl (C=O) groups excluding carboxylic acids is 2. The first-order valence-corrected chi connectivity index (χ1v) is 9.19. The smallest absolute Gasteiger partial charge is 0.289 e. The third kappa shape index (κ3) is 3.82. The Bertz CT molecular complexity index is 1140. The average Bonchev–Trinajstić information content (AvgIpc) is 2.85. The van der Waals surface area contributed by atoms with E-state index in [1.807, 2.05) is 31.2 Å². The Morgan fingerprint density at radius 3 is 2.90 bits per heavy atom. The molecule has 2 aromatic heterocycles. The van der Waals surface area contributed by atoms with Crippen LogP contribution in [-0.4, -0.2) is 46.5 Å². The Balaban J connectivity index is 1.54. The molecule has 1 aromatic carbocycles. The number of nitrogens with zero attached hydrogens (tertiary/aromatic N) is 4. The molecule has 1 aliphatic heterocycles. The summed E-state index contributed by atoms with van der Waals surface area (Å²) in [6.07, 6.45) is 2.48. The molecule has 0 bridgehead atoms. The zero-order valence-corrected chi connectivity index (χ0v) is 16.3. The zero-order chi connectivity index (χ0) is 21.3. The molecule has 0 saturated carbocycles. The maximum absolute atomic E-state index is 13.5. The average molecular weight is 407 g/mol. The fraction of sp³-hybridized carbons (Fsp3) is 0.190. The summed E-state index contributed by atoms with van der Waals surface area (Å²) in [6, 6.07) is 9.54. The second-order valence-electron chi connectivity index (χ2n) is 6.84. The van der Waals surface area contributed by atoms with Crippen LogP contribution in [0.25, 0.3) is 11.3 Å². The lowest BCUT2D eigenvalue weighted by Gasteiger charge is -2.19. The second kappa shape index (κ2) is 7.86. The number of pyridine rings is 1. The lowest BCUT2D eigenvalue weighted by molar-refractivity contribution is -0.120. The predicted molar refractivity (Wildman–Crippen MR) is 107 cm³/mol. The first kappa shape index (κ1) is 19.4. The molecule has 4 rings (SSSR count). The fourth-order valence-corrected chi connectivity index (χ4v) is 3.11. The number of amides is 2. The van der Waals surface area contributed by atoms with Gasteiger partial charge in [0.05, 0.1) is 11.9 Å². The van der Waals surface area contributed by atoms with Crippen LogP contribution in [-0.2, 0) is 4.79 Å². The van der Waals surface area contributed by atoms with Gasteiger partial charge in [-0.1, -0.05) is 23.8 Å². The minimum Gasteiger partial charge on any atom is -0.487 e. The molecule has 2 amide bonds.